The van der Waals surface area contributed by atoms with E-state index in [0.29, 0.717) is 0 Å². The van der Waals surface area contributed by atoms with Gasteiger partial charge in [0.2, 0.25) is 0 Å². The van der Waals surface area contributed by atoms with Crippen molar-refractivity contribution in [2.75, 3.05) is 0 Å². The summed E-state index contributed by atoms with van der Waals surface area (Å²) in [6, 6.07) is 7.79. The summed E-state index contributed by atoms with van der Waals surface area (Å²) in [7, 11) is 0. The van der Waals surface area contributed by atoms with Crippen molar-refractivity contribution in [1.82, 2.24) is 0 Å². The molecule has 0 aliphatic rings. The Labute approximate surface area is 89.9 Å². The highest BCUT2D eigenvalue weighted by molar-refractivity contribution is 5.68. The highest BCUT2D eigenvalue weighted by Gasteiger charge is 2.24. The Hall–Kier alpha value is -1.35. The fourth-order valence-corrected chi connectivity index (χ4v) is 1.54. The highest BCUT2D eigenvalue weighted by Crippen LogP contribution is 2.22. The molecule has 1 aromatic carbocycles. The minimum Gasteiger partial charge on any atom is -0.481 e. The maximum Gasteiger partial charge on any atom is 0.305 e. The van der Waals surface area contributed by atoms with Crippen molar-refractivity contribution < 1.29 is 9.90 Å². The van der Waals surface area contributed by atoms with Gasteiger partial charge in [-0.15, -0.1) is 0 Å². The predicted molar refractivity (Wildman–Crippen MR) is 59.6 cm³/mol. The summed E-state index contributed by atoms with van der Waals surface area (Å²) < 4.78 is 0. The third kappa shape index (κ3) is 3.06. The molecule has 1 atom stereocenters. The van der Waals surface area contributed by atoms with Crippen LogP contribution >= 0.6 is 0 Å². The Morgan fingerprint density at radius 2 is 1.93 bits per heavy atom. The molecule has 1 unspecified atom stereocenters. The number of carbonyl (C=O) groups is 1. The van der Waals surface area contributed by atoms with Gasteiger partial charge in [0.25, 0.3) is 0 Å². The van der Waals surface area contributed by atoms with Crippen molar-refractivity contribution in [2.24, 2.45) is 5.73 Å². The van der Waals surface area contributed by atoms with Crippen LogP contribution in [0.1, 0.15) is 31.4 Å². The molecule has 0 aliphatic heterocycles. The van der Waals surface area contributed by atoms with Gasteiger partial charge in [0.15, 0.2) is 0 Å². The molecule has 1 rings (SSSR count). The second kappa shape index (κ2) is 4.45. The van der Waals surface area contributed by atoms with E-state index in [1.54, 1.807) is 6.92 Å². The third-order valence-corrected chi connectivity index (χ3v) is 2.54. The Morgan fingerprint density at radius 3 is 2.33 bits per heavy atom. The van der Waals surface area contributed by atoms with Crippen molar-refractivity contribution >= 4 is 5.97 Å². The van der Waals surface area contributed by atoms with Crippen LogP contribution < -0.4 is 5.73 Å². The number of hydrogen-bond donors (Lipinski definition) is 2. The number of aliphatic carboxylic acids is 1. The molecule has 1 aromatic rings. The standard InChI is InChI=1S/C12H17NO2/c1-3-9-4-6-10(7-5-9)12(2,13)8-11(14)15/h4-7H,3,8,13H2,1-2H3,(H,14,15). The fourth-order valence-electron chi connectivity index (χ4n) is 1.54. The summed E-state index contributed by atoms with van der Waals surface area (Å²) in [5, 5.41) is 8.73. The van der Waals surface area contributed by atoms with E-state index in [0.717, 1.165) is 12.0 Å². The Morgan fingerprint density at radius 1 is 1.40 bits per heavy atom. The van der Waals surface area contributed by atoms with E-state index >= 15 is 0 Å². The monoisotopic (exact) mass is 207 g/mol. The molecule has 0 fully saturated rings. The van der Waals surface area contributed by atoms with Crippen molar-refractivity contribution in [3.8, 4) is 0 Å². The van der Waals surface area contributed by atoms with Crippen LogP contribution in [0, 0.1) is 0 Å². The lowest BCUT2D eigenvalue weighted by atomic mass is 9.89. The Bertz CT molecular complexity index is 341. The van der Waals surface area contributed by atoms with Crippen LogP contribution in [0.2, 0.25) is 0 Å². The van der Waals surface area contributed by atoms with Gasteiger partial charge >= 0.3 is 5.97 Å². The largest absolute Gasteiger partial charge is 0.481 e. The lowest BCUT2D eigenvalue weighted by Gasteiger charge is -2.23. The van der Waals surface area contributed by atoms with Gasteiger partial charge < -0.3 is 10.8 Å². The number of hydrogen-bond acceptors (Lipinski definition) is 2. The average molecular weight is 207 g/mol. The second-order valence-electron chi connectivity index (χ2n) is 4.04. The lowest BCUT2D eigenvalue weighted by molar-refractivity contribution is -0.138. The van der Waals surface area contributed by atoms with E-state index in [1.165, 1.54) is 5.56 Å². The predicted octanol–water partition coefficient (Wildman–Crippen LogP) is 1.90. The van der Waals surface area contributed by atoms with Crippen molar-refractivity contribution in [3.63, 3.8) is 0 Å². The summed E-state index contributed by atoms with van der Waals surface area (Å²) in [4.78, 5) is 10.6. The van der Waals surface area contributed by atoms with Gasteiger partial charge in [0.05, 0.1) is 6.42 Å². The molecule has 0 saturated carbocycles. The molecule has 3 N–H and O–H groups in total. The van der Waals surface area contributed by atoms with E-state index in [4.69, 9.17) is 10.8 Å². The minimum absolute atomic E-state index is 0.0571. The molecule has 0 bridgehead atoms. The highest BCUT2D eigenvalue weighted by atomic mass is 16.4. The molecule has 0 radical (unpaired) electrons. The quantitative estimate of drug-likeness (QED) is 0.792. The smallest absolute Gasteiger partial charge is 0.305 e. The normalized spacial score (nSPS) is 14.6. The van der Waals surface area contributed by atoms with E-state index in [-0.39, 0.29) is 6.42 Å². The molecule has 3 nitrogen and oxygen atoms in total. The maximum absolute atomic E-state index is 10.6. The molecule has 0 heterocycles. The van der Waals surface area contributed by atoms with Crippen LogP contribution in [0.25, 0.3) is 0 Å². The molecule has 0 saturated heterocycles. The zero-order valence-electron chi connectivity index (χ0n) is 9.16. The number of rotatable bonds is 4. The average Bonchev–Trinajstić information content (AvgIpc) is 2.16. The summed E-state index contributed by atoms with van der Waals surface area (Å²) >= 11 is 0. The first-order valence-corrected chi connectivity index (χ1v) is 5.06. The minimum atomic E-state index is -0.875. The summed E-state index contributed by atoms with van der Waals surface area (Å²) in [5.41, 5.74) is 7.25. The van der Waals surface area contributed by atoms with Crippen LogP contribution in [-0.4, -0.2) is 11.1 Å². The van der Waals surface area contributed by atoms with E-state index in [9.17, 15) is 4.79 Å². The summed E-state index contributed by atoms with van der Waals surface area (Å²) in [5.74, 6) is -0.875. The zero-order chi connectivity index (χ0) is 11.5. The SMILES string of the molecule is CCc1ccc(C(C)(N)CC(=O)O)cc1. The number of benzene rings is 1. The second-order valence-corrected chi connectivity index (χ2v) is 4.04. The molecule has 82 valence electrons. The molecular formula is C12H17NO2. The van der Waals surface area contributed by atoms with Gasteiger partial charge in [-0.25, -0.2) is 0 Å². The van der Waals surface area contributed by atoms with Gasteiger partial charge in [-0.05, 0) is 24.5 Å². The van der Waals surface area contributed by atoms with Gasteiger partial charge in [0, 0.05) is 5.54 Å². The van der Waals surface area contributed by atoms with Crippen molar-refractivity contribution in [2.45, 2.75) is 32.2 Å². The first-order valence-electron chi connectivity index (χ1n) is 5.06. The number of carboxylic acids is 1. The van der Waals surface area contributed by atoms with Crippen molar-refractivity contribution in [3.05, 3.63) is 35.4 Å². The number of aryl methyl sites for hydroxylation is 1. The molecule has 0 aromatic heterocycles. The number of carboxylic acid groups (broad SMARTS) is 1. The van der Waals surface area contributed by atoms with Gasteiger partial charge in [-0.2, -0.15) is 0 Å². The topological polar surface area (TPSA) is 63.3 Å². The molecular weight excluding hydrogens is 190 g/mol. The van der Waals surface area contributed by atoms with Crippen LogP contribution in [-0.2, 0) is 16.8 Å². The van der Waals surface area contributed by atoms with Gasteiger partial charge in [0.1, 0.15) is 0 Å². The van der Waals surface area contributed by atoms with Crippen LogP contribution in [0.4, 0.5) is 0 Å². The fraction of sp³-hybridized carbons (Fsp3) is 0.417. The first kappa shape index (κ1) is 11.7. The molecule has 15 heavy (non-hydrogen) atoms. The summed E-state index contributed by atoms with van der Waals surface area (Å²) in [6.07, 6.45) is 0.916. The molecule has 0 amide bonds. The van der Waals surface area contributed by atoms with E-state index < -0.39 is 11.5 Å². The lowest BCUT2D eigenvalue weighted by Crippen LogP contribution is -2.35. The van der Waals surface area contributed by atoms with Crippen LogP contribution in [0.5, 0.6) is 0 Å². The number of nitrogens with two attached hydrogens (primary N) is 1. The molecule has 0 spiro atoms. The maximum atomic E-state index is 10.6. The zero-order valence-corrected chi connectivity index (χ0v) is 9.16. The molecule has 3 heteroatoms. The van der Waals surface area contributed by atoms with Gasteiger partial charge in [-0.1, -0.05) is 31.2 Å². The van der Waals surface area contributed by atoms with Crippen molar-refractivity contribution in [1.29, 1.82) is 0 Å². The van der Waals surface area contributed by atoms with Gasteiger partial charge in [-0.3, -0.25) is 4.79 Å². The van der Waals surface area contributed by atoms with Crippen LogP contribution in [0.15, 0.2) is 24.3 Å². The van der Waals surface area contributed by atoms with E-state index in [1.807, 2.05) is 24.3 Å². The Balaban J connectivity index is 2.89. The summed E-state index contributed by atoms with van der Waals surface area (Å²) in [6.45, 7) is 3.82. The molecule has 0 aliphatic carbocycles. The van der Waals surface area contributed by atoms with E-state index in [2.05, 4.69) is 6.92 Å². The van der Waals surface area contributed by atoms with Crippen LogP contribution in [0.3, 0.4) is 0 Å². The Kier molecular flexibility index (Phi) is 3.48. The first-order chi connectivity index (χ1) is 6.95. The third-order valence-electron chi connectivity index (χ3n) is 2.54.